The van der Waals surface area contributed by atoms with Gasteiger partial charge in [0.25, 0.3) is 0 Å². The van der Waals surface area contributed by atoms with E-state index in [0.717, 1.165) is 18.7 Å². The van der Waals surface area contributed by atoms with Gasteiger partial charge in [0.1, 0.15) is 5.82 Å². The Morgan fingerprint density at radius 3 is 2.34 bits per heavy atom. The Balaban J connectivity index is 1.47. The van der Waals surface area contributed by atoms with Gasteiger partial charge in [0.05, 0.1) is 13.1 Å². The van der Waals surface area contributed by atoms with Crippen molar-refractivity contribution in [3.8, 4) is 0 Å². The second-order valence-corrected chi connectivity index (χ2v) is 6.88. The Labute approximate surface area is 171 Å². The van der Waals surface area contributed by atoms with Gasteiger partial charge in [-0.2, -0.15) is 0 Å². The van der Waals surface area contributed by atoms with Crippen molar-refractivity contribution in [3.63, 3.8) is 0 Å². The Bertz CT molecular complexity index is 802. The molecule has 1 aliphatic heterocycles. The van der Waals surface area contributed by atoms with Crippen LogP contribution in [0.2, 0.25) is 0 Å². The molecule has 2 N–H and O–H groups in total. The van der Waals surface area contributed by atoms with Gasteiger partial charge in [-0.15, -0.1) is 0 Å². The summed E-state index contributed by atoms with van der Waals surface area (Å²) >= 11 is 0. The maximum absolute atomic E-state index is 13.0. The van der Waals surface area contributed by atoms with Crippen molar-refractivity contribution in [1.82, 2.24) is 15.5 Å². The Morgan fingerprint density at radius 2 is 1.69 bits per heavy atom. The fraction of sp³-hybridized carbons (Fsp3) is 0.364. The normalized spacial score (nSPS) is 14.6. The van der Waals surface area contributed by atoms with Crippen LogP contribution in [-0.2, 0) is 11.3 Å². The molecule has 3 rings (SSSR count). The summed E-state index contributed by atoms with van der Waals surface area (Å²) in [5.41, 5.74) is 2.10. The zero-order valence-corrected chi connectivity index (χ0v) is 16.8. The molecule has 1 fully saturated rings. The SMILES string of the molecule is CCNC(=NCc1ccc(F)cc1)NCC(=O)N1CCN(c2ccccc2)CC1. The van der Waals surface area contributed by atoms with E-state index in [0.29, 0.717) is 32.1 Å². The fourth-order valence-corrected chi connectivity index (χ4v) is 3.23. The number of amides is 1. The molecule has 6 nitrogen and oxygen atoms in total. The number of rotatable bonds is 6. The molecule has 7 heteroatoms. The molecule has 0 aliphatic carbocycles. The van der Waals surface area contributed by atoms with Crippen LogP contribution in [0, 0.1) is 5.82 Å². The number of piperazine rings is 1. The molecule has 0 saturated carbocycles. The quantitative estimate of drug-likeness (QED) is 0.580. The van der Waals surface area contributed by atoms with Crippen LogP contribution in [0.5, 0.6) is 0 Å². The van der Waals surface area contributed by atoms with Gasteiger partial charge in [-0.05, 0) is 36.8 Å². The number of anilines is 1. The number of nitrogens with one attached hydrogen (secondary N) is 2. The molecule has 2 aromatic rings. The van der Waals surface area contributed by atoms with Crippen LogP contribution in [0.25, 0.3) is 0 Å². The van der Waals surface area contributed by atoms with Crippen molar-refractivity contribution < 1.29 is 9.18 Å². The average Bonchev–Trinajstić information content (AvgIpc) is 2.77. The van der Waals surface area contributed by atoms with Crippen LogP contribution in [-0.4, -0.2) is 56.0 Å². The molecular formula is C22H28FN5O. The van der Waals surface area contributed by atoms with E-state index >= 15 is 0 Å². The second kappa shape index (κ2) is 10.5. The van der Waals surface area contributed by atoms with Crippen LogP contribution in [0.15, 0.2) is 59.6 Å². The van der Waals surface area contributed by atoms with E-state index in [4.69, 9.17) is 0 Å². The van der Waals surface area contributed by atoms with Crippen molar-refractivity contribution in [2.75, 3.05) is 44.2 Å². The topological polar surface area (TPSA) is 60.0 Å². The first-order valence-corrected chi connectivity index (χ1v) is 10.00. The smallest absolute Gasteiger partial charge is 0.242 e. The van der Waals surface area contributed by atoms with Gasteiger partial charge in [-0.3, -0.25) is 4.79 Å². The van der Waals surface area contributed by atoms with Crippen molar-refractivity contribution in [1.29, 1.82) is 0 Å². The highest BCUT2D eigenvalue weighted by molar-refractivity contribution is 5.86. The number of hydrogen-bond donors (Lipinski definition) is 2. The number of para-hydroxylation sites is 1. The third-order valence-electron chi connectivity index (χ3n) is 4.84. The molecule has 0 spiro atoms. The van der Waals surface area contributed by atoms with Gasteiger partial charge in [-0.25, -0.2) is 9.38 Å². The highest BCUT2D eigenvalue weighted by atomic mass is 19.1. The van der Waals surface area contributed by atoms with Crippen molar-refractivity contribution in [2.45, 2.75) is 13.5 Å². The Kier molecular flexibility index (Phi) is 7.44. The summed E-state index contributed by atoms with van der Waals surface area (Å²) in [4.78, 5) is 21.2. The molecular weight excluding hydrogens is 369 g/mol. The summed E-state index contributed by atoms with van der Waals surface area (Å²) in [7, 11) is 0. The monoisotopic (exact) mass is 397 g/mol. The number of hydrogen-bond acceptors (Lipinski definition) is 3. The number of benzene rings is 2. The molecule has 0 atom stereocenters. The molecule has 29 heavy (non-hydrogen) atoms. The van der Waals surface area contributed by atoms with Gasteiger partial charge < -0.3 is 20.4 Å². The summed E-state index contributed by atoms with van der Waals surface area (Å²) < 4.78 is 13.0. The number of aliphatic imine (C=N–C) groups is 1. The average molecular weight is 397 g/mol. The first-order valence-electron chi connectivity index (χ1n) is 10.00. The number of guanidine groups is 1. The maximum atomic E-state index is 13.0. The van der Waals surface area contributed by atoms with Crippen LogP contribution in [0.4, 0.5) is 10.1 Å². The maximum Gasteiger partial charge on any atom is 0.242 e. The van der Waals surface area contributed by atoms with E-state index in [1.165, 1.54) is 17.8 Å². The molecule has 0 bridgehead atoms. The summed E-state index contributed by atoms with van der Waals surface area (Å²) in [6, 6.07) is 16.5. The number of carbonyl (C=O) groups excluding carboxylic acids is 1. The summed E-state index contributed by atoms with van der Waals surface area (Å²) in [6.45, 7) is 6.35. The van der Waals surface area contributed by atoms with Gasteiger partial charge >= 0.3 is 0 Å². The van der Waals surface area contributed by atoms with Crippen LogP contribution >= 0.6 is 0 Å². The number of nitrogens with zero attached hydrogens (tertiary/aromatic N) is 3. The standard InChI is InChI=1S/C22H28FN5O/c1-2-24-22(25-16-18-8-10-19(23)11-9-18)26-17-21(29)28-14-12-27(13-15-28)20-6-4-3-5-7-20/h3-11H,2,12-17H2,1H3,(H2,24,25,26). The van der Waals surface area contributed by atoms with E-state index in [1.807, 2.05) is 30.0 Å². The lowest BCUT2D eigenvalue weighted by Crippen LogP contribution is -2.52. The van der Waals surface area contributed by atoms with E-state index in [-0.39, 0.29) is 18.3 Å². The molecule has 0 radical (unpaired) electrons. The fourth-order valence-electron chi connectivity index (χ4n) is 3.23. The molecule has 1 aliphatic rings. The van der Waals surface area contributed by atoms with Gasteiger partial charge in [0, 0.05) is 38.4 Å². The second-order valence-electron chi connectivity index (χ2n) is 6.88. The van der Waals surface area contributed by atoms with Crippen LogP contribution in [0.1, 0.15) is 12.5 Å². The van der Waals surface area contributed by atoms with E-state index in [1.54, 1.807) is 12.1 Å². The van der Waals surface area contributed by atoms with Crippen LogP contribution in [0.3, 0.4) is 0 Å². The lowest BCUT2D eigenvalue weighted by Gasteiger charge is -2.36. The Hall–Kier alpha value is -3.09. The molecule has 1 amide bonds. The number of halogens is 1. The Morgan fingerprint density at radius 1 is 1.00 bits per heavy atom. The predicted molar refractivity (Wildman–Crippen MR) is 114 cm³/mol. The van der Waals surface area contributed by atoms with Crippen molar-refractivity contribution >= 4 is 17.6 Å². The largest absolute Gasteiger partial charge is 0.368 e. The summed E-state index contributed by atoms with van der Waals surface area (Å²) in [5.74, 6) is 0.374. The molecule has 2 aromatic carbocycles. The van der Waals surface area contributed by atoms with E-state index in [9.17, 15) is 9.18 Å². The molecule has 0 aromatic heterocycles. The van der Waals surface area contributed by atoms with Gasteiger partial charge in [0.15, 0.2) is 5.96 Å². The van der Waals surface area contributed by atoms with Crippen molar-refractivity contribution in [2.24, 2.45) is 4.99 Å². The highest BCUT2D eigenvalue weighted by Crippen LogP contribution is 2.15. The molecule has 1 heterocycles. The van der Waals surface area contributed by atoms with Crippen molar-refractivity contribution in [3.05, 3.63) is 66.0 Å². The minimum absolute atomic E-state index is 0.0603. The third kappa shape index (κ3) is 6.20. The van der Waals surface area contributed by atoms with Crippen LogP contribution < -0.4 is 15.5 Å². The zero-order chi connectivity index (χ0) is 20.5. The highest BCUT2D eigenvalue weighted by Gasteiger charge is 2.21. The van der Waals surface area contributed by atoms with E-state index in [2.05, 4.69) is 32.7 Å². The molecule has 0 unspecified atom stereocenters. The summed E-state index contributed by atoms with van der Waals surface area (Å²) in [6.07, 6.45) is 0. The zero-order valence-electron chi connectivity index (χ0n) is 16.8. The minimum Gasteiger partial charge on any atom is -0.368 e. The molecule has 154 valence electrons. The lowest BCUT2D eigenvalue weighted by molar-refractivity contribution is -0.130. The first-order chi connectivity index (χ1) is 14.2. The van der Waals surface area contributed by atoms with Gasteiger partial charge in [-0.1, -0.05) is 30.3 Å². The van der Waals surface area contributed by atoms with E-state index < -0.39 is 0 Å². The summed E-state index contributed by atoms with van der Waals surface area (Å²) in [5, 5.41) is 6.24. The first kappa shape index (κ1) is 20.6. The predicted octanol–water partition coefficient (Wildman–Crippen LogP) is 2.23. The third-order valence-corrected chi connectivity index (χ3v) is 4.84. The van der Waals surface area contributed by atoms with Gasteiger partial charge in [0.2, 0.25) is 5.91 Å². The minimum atomic E-state index is -0.263. The molecule has 1 saturated heterocycles. The number of carbonyl (C=O) groups is 1. The lowest BCUT2D eigenvalue weighted by atomic mass is 10.2.